The molecule has 0 bridgehead atoms. The number of nitrogens with one attached hydrogen (secondary N) is 2. The molecule has 0 fully saturated rings. The molecule has 0 saturated carbocycles. The summed E-state index contributed by atoms with van der Waals surface area (Å²) in [6, 6.07) is 14.3. The number of pyridine rings is 2. The second kappa shape index (κ2) is 9.68. The number of carbonyl (C=O) groups excluding carboxylic acids is 1. The molecule has 0 atom stereocenters. The van der Waals surface area contributed by atoms with E-state index in [0.717, 1.165) is 28.8 Å². The molecule has 2 heterocycles. The Morgan fingerprint density at radius 1 is 0.970 bits per heavy atom. The molecule has 2 aromatic carbocycles. The Kier molecular flexibility index (Phi) is 6.96. The number of nitrogens with zero attached hydrogens (tertiary/aromatic N) is 1. The molecule has 170 valence electrons. The molecule has 1 amide bonds. The first-order valence-electron chi connectivity index (χ1n) is 10.3. The number of hydrogen-bond donors (Lipinski definition) is 2. The number of halogens is 3. The molecule has 4 rings (SSSR count). The van der Waals surface area contributed by atoms with E-state index >= 15 is 0 Å². The molecule has 2 N–H and O–H groups in total. The van der Waals surface area contributed by atoms with E-state index in [1.165, 1.54) is 6.07 Å². The van der Waals surface area contributed by atoms with Crippen LogP contribution in [0.2, 0.25) is 0 Å². The van der Waals surface area contributed by atoms with Gasteiger partial charge in [-0.2, -0.15) is 13.2 Å². The van der Waals surface area contributed by atoms with Gasteiger partial charge in [0.05, 0.1) is 0 Å². The van der Waals surface area contributed by atoms with E-state index < -0.39 is 17.8 Å². The summed E-state index contributed by atoms with van der Waals surface area (Å²) in [7, 11) is 0. The number of alkyl halides is 3. The number of carbonyl (C=O) groups is 1. The zero-order valence-electron chi connectivity index (χ0n) is 18.2. The van der Waals surface area contributed by atoms with Crippen molar-refractivity contribution in [2.45, 2.75) is 26.9 Å². The molecular formula is C25H22F3N3O2. The van der Waals surface area contributed by atoms with Crippen molar-refractivity contribution in [3.63, 3.8) is 0 Å². The maximum atomic E-state index is 12.9. The highest BCUT2D eigenvalue weighted by molar-refractivity contribution is 6.07. The van der Waals surface area contributed by atoms with E-state index in [2.05, 4.69) is 15.3 Å². The molecule has 0 radical (unpaired) electrons. The Morgan fingerprint density at radius 3 is 2.39 bits per heavy atom. The van der Waals surface area contributed by atoms with E-state index in [4.69, 9.17) is 0 Å². The fraction of sp³-hybridized carbons (Fsp3) is 0.160. The van der Waals surface area contributed by atoms with Crippen molar-refractivity contribution >= 4 is 22.4 Å². The Labute approximate surface area is 188 Å². The highest BCUT2D eigenvalue weighted by atomic mass is 19.4. The third-order valence-corrected chi connectivity index (χ3v) is 4.99. The van der Waals surface area contributed by atoms with E-state index in [0.29, 0.717) is 16.5 Å². The van der Waals surface area contributed by atoms with Gasteiger partial charge in [0.2, 0.25) is 0 Å². The molecular weight excluding hydrogens is 431 g/mol. The van der Waals surface area contributed by atoms with Gasteiger partial charge in [-0.3, -0.25) is 14.6 Å². The summed E-state index contributed by atoms with van der Waals surface area (Å²) in [5, 5.41) is 3.75. The maximum absolute atomic E-state index is 12.9. The second-order valence-corrected chi connectivity index (χ2v) is 6.93. The lowest BCUT2D eigenvalue weighted by Crippen LogP contribution is -2.15. The SMILES string of the molecule is CC.Cc1c(C(=O)Nc2ccnc(C(F)(F)F)c2)cccc1-c1cccc2c(=O)[nH]ccc12. The van der Waals surface area contributed by atoms with Gasteiger partial charge in [-0.25, -0.2) is 0 Å². The average Bonchev–Trinajstić information content (AvgIpc) is 2.80. The number of anilines is 1. The summed E-state index contributed by atoms with van der Waals surface area (Å²) in [6.45, 7) is 5.75. The van der Waals surface area contributed by atoms with Crippen molar-refractivity contribution in [2.75, 3.05) is 5.32 Å². The molecule has 33 heavy (non-hydrogen) atoms. The quantitative estimate of drug-likeness (QED) is 0.388. The highest BCUT2D eigenvalue weighted by Gasteiger charge is 2.32. The monoisotopic (exact) mass is 453 g/mol. The summed E-state index contributed by atoms with van der Waals surface area (Å²) >= 11 is 0. The van der Waals surface area contributed by atoms with Crippen LogP contribution in [0.4, 0.5) is 18.9 Å². The van der Waals surface area contributed by atoms with Gasteiger partial charge in [-0.1, -0.05) is 38.1 Å². The van der Waals surface area contributed by atoms with Crippen LogP contribution in [0, 0.1) is 6.92 Å². The van der Waals surface area contributed by atoms with Gasteiger partial charge in [-0.15, -0.1) is 0 Å². The predicted octanol–water partition coefficient (Wildman–Crippen LogP) is 6.20. The van der Waals surface area contributed by atoms with Crippen molar-refractivity contribution < 1.29 is 18.0 Å². The van der Waals surface area contributed by atoms with Crippen LogP contribution in [0.3, 0.4) is 0 Å². The predicted molar refractivity (Wildman–Crippen MR) is 123 cm³/mol. The van der Waals surface area contributed by atoms with Gasteiger partial charge < -0.3 is 10.3 Å². The largest absolute Gasteiger partial charge is 0.433 e. The molecule has 0 spiro atoms. The van der Waals surface area contributed by atoms with Crippen LogP contribution in [0.5, 0.6) is 0 Å². The van der Waals surface area contributed by atoms with Gasteiger partial charge >= 0.3 is 6.18 Å². The molecule has 2 aromatic heterocycles. The number of aromatic amines is 1. The fourth-order valence-electron chi connectivity index (χ4n) is 3.49. The smallest absolute Gasteiger partial charge is 0.329 e. The molecule has 4 aromatic rings. The lowest BCUT2D eigenvalue weighted by Gasteiger charge is -2.14. The summed E-state index contributed by atoms with van der Waals surface area (Å²) in [6.07, 6.45) is -2.06. The molecule has 0 aliphatic carbocycles. The minimum absolute atomic E-state index is 0.00572. The standard InChI is InChI=1S/C23H16F3N3O2.C2H6/c1-13-15(17-6-3-7-19-18(17)9-11-28-21(19)30)4-2-5-16(13)22(31)29-14-8-10-27-20(12-14)23(24,25)26;1-2/h2-12H,1H3,(H,28,30)(H,27,29,31);1-2H3. The van der Waals surface area contributed by atoms with Gasteiger partial charge in [0.15, 0.2) is 0 Å². The van der Waals surface area contributed by atoms with Gasteiger partial charge in [0.25, 0.3) is 11.5 Å². The minimum atomic E-state index is -4.61. The van der Waals surface area contributed by atoms with E-state index in [9.17, 15) is 22.8 Å². The first-order chi connectivity index (χ1) is 15.8. The number of H-pyrrole nitrogens is 1. The maximum Gasteiger partial charge on any atom is 0.433 e. The van der Waals surface area contributed by atoms with E-state index in [1.807, 2.05) is 26.0 Å². The Bertz CT molecular complexity index is 1360. The van der Waals surface area contributed by atoms with Crippen LogP contribution < -0.4 is 10.9 Å². The third kappa shape index (κ3) is 4.95. The topological polar surface area (TPSA) is 74.8 Å². The van der Waals surface area contributed by atoms with Crippen LogP contribution in [0.1, 0.15) is 35.5 Å². The van der Waals surface area contributed by atoms with Crippen molar-refractivity contribution in [3.05, 3.63) is 94.2 Å². The van der Waals surface area contributed by atoms with Gasteiger partial charge in [0, 0.05) is 29.0 Å². The molecule has 5 nitrogen and oxygen atoms in total. The Morgan fingerprint density at radius 2 is 1.67 bits per heavy atom. The molecule has 0 unspecified atom stereocenters. The molecule has 0 aliphatic rings. The summed E-state index contributed by atoms with van der Waals surface area (Å²) in [5.74, 6) is -0.545. The Hall–Kier alpha value is -3.94. The van der Waals surface area contributed by atoms with Crippen LogP contribution in [0.25, 0.3) is 21.9 Å². The lowest BCUT2D eigenvalue weighted by molar-refractivity contribution is -0.141. The number of aromatic nitrogens is 2. The fourth-order valence-corrected chi connectivity index (χ4v) is 3.49. The van der Waals surface area contributed by atoms with Gasteiger partial charge in [0.1, 0.15) is 5.69 Å². The number of fused-ring (bicyclic) bond motifs is 1. The molecule has 0 aliphatic heterocycles. The molecule has 0 saturated heterocycles. The molecule has 8 heteroatoms. The van der Waals surface area contributed by atoms with Crippen molar-refractivity contribution in [3.8, 4) is 11.1 Å². The first-order valence-corrected chi connectivity index (χ1v) is 10.3. The third-order valence-electron chi connectivity index (χ3n) is 4.99. The summed E-state index contributed by atoms with van der Waals surface area (Å²) < 4.78 is 38.7. The number of amides is 1. The van der Waals surface area contributed by atoms with E-state index in [1.54, 1.807) is 43.5 Å². The van der Waals surface area contributed by atoms with Crippen LogP contribution >= 0.6 is 0 Å². The minimum Gasteiger partial charge on any atom is -0.329 e. The number of rotatable bonds is 3. The van der Waals surface area contributed by atoms with Gasteiger partial charge in [-0.05, 0) is 59.3 Å². The van der Waals surface area contributed by atoms with E-state index in [-0.39, 0.29) is 11.2 Å². The van der Waals surface area contributed by atoms with Crippen molar-refractivity contribution in [1.82, 2.24) is 9.97 Å². The zero-order valence-corrected chi connectivity index (χ0v) is 18.2. The average molecular weight is 453 g/mol. The first kappa shape index (κ1) is 23.7. The highest BCUT2D eigenvalue weighted by Crippen LogP contribution is 2.32. The number of benzene rings is 2. The Balaban J connectivity index is 0.00000149. The van der Waals surface area contributed by atoms with Crippen LogP contribution in [-0.4, -0.2) is 15.9 Å². The lowest BCUT2D eigenvalue weighted by atomic mass is 9.93. The second-order valence-electron chi connectivity index (χ2n) is 6.93. The summed E-state index contributed by atoms with van der Waals surface area (Å²) in [4.78, 5) is 30.9. The number of hydrogen-bond acceptors (Lipinski definition) is 3. The van der Waals surface area contributed by atoms with Crippen LogP contribution in [-0.2, 0) is 6.18 Å². The van der Waals surface area contributed by atoms with Crippen molar-refractivity contribution in [2.24, 2.45) is 0 Å². The zero-order chi connectivity index (χ0) is 24.2. The van der Waals surface area contributed by atoms with Crippen LogP contribution in [0.15, 0.2) is 71.8 Å². The summed E-state index contributed by atoms with van der Waals surface area (Å²) in [5.41, 5.74) is 1.16. The normalized spacial score (nSPS) is 11.0. The van der Waals surface area contributed by atoms with Crippen molar-refractivity contribution in [1.29, 1.82) is 0 Å².